The predicted octanol–water partition coefficient (Wildman–Crippen LogP) is 18.3. The Balaban J connectivity index is 4.39. The molecule has 0 heterocycles. The first-order valence-electron chi connectivity index (χ1n) is 27.2. The molecule has 0 aliphatic rings. The first-order chi connectivity index (χ1) is 33.5. The third-order valence-electron chi connectivity index (χ3n) is 10.9. The molecule has 0 rings (SSSR count). The Morgan fingerprint density at radius 1 is 0.324 bits per heavy atom. The topological polar surface area (TPSA) is 78.9 Å². The maximum absolute atomic E-state index is 12.7. The molecule has 68 heavy (non-hydrogen) atoms. The van der Waals surface area contributed by atoms with Crippen LogP contribution in [0, 0.1) is 0 Å². The summed E-state index contributed by atoms with van der Waals surface area (Å²) >= 11 is 0. The molecule has 1 unspecified atom stereocenters. The normalized spacial score (nSPS) is 13.2. The van der Waals surface area contributed by atoms with E-state index in [2.05, 4.69) is 142 Å². The van der Waals surface area contributed by atoms with Gasteiger partial charge in [0.1, 0.15) is 13.2 Å². The minimum absolute atomic E-state index is 0.0887. The standard InChI is InChI=1S/C62H98O6/c1-4-7-10-13-16-19-22-24-26-27-28-29-30-31-32-33-34-35-37-38-40-43-46-49-52-55-61(64)67-58-59(57-66-60(63)54-51-48-45-42-21-18-15-12-9-6-3)68-62(65)56-53-50-47-44-41-39-36-25-23-20-17-14-11-8-5-2/h7-8,10-12,15-17,19-20,24-26,28-29,31-32,36,41,44,50,53,59H,4-6,9,13-14,18,21-23,27,30,33-35,37-40,42-43,45-49,51-52,54-58H2,1-3H3/b10-7-,11-8-,15-12-,19-16-,20-17-,26-24-,29-28-,32-31-,36-25-,44-41-,53-50-. The number of esters is 3. The SMILES string of the molecule is CC/C=C\C/C=C\C/C=C\C/C=C\C/C=C\CCCCCCCCCCCC(=O)OCC(COC(=O)CCCCCCC/C=C\CCC)OC(=O)C/C=C\C/C=C\C/C=C\C/C=C\C/C=C\CC. The Bertz CT molecular complexity index is 1500. The lowest BCUT2D eigenvalue weighted by Gasteiger charge is -2.18. The van der Waals surface area contributed by atoms with Gasteiger partial charge in [-0.05, 0) is 109 Å². The molecule has 0 bridgehead atoms. The molecule has 0 aromatic heterocycles. The summed E-state index contributed by atoms with van der Waals surface area (Å²) in [6.45, 7) is 6.23. The zero-order chi connectivity index (χ0) is 49.3. The van der Waals surface area contributed by atoms with Crippen molar-refractivity contribution in [3.63, 3.8) is 0 Å². The van der Waals surface area contributed by atoms with Crippen LogP contribution in [-0.4, -0.2) is 37.2 Å². The third-order valence-corrected chi connectivity index (χ3v) is 10.9. The van der Waals surface area contributed by atoms with E-state index in [1.165, 1.54) is 51.4 Å². The second-order valence-electron chi connectivity index (χ2n) is 17.4. The number of hydrogen-bond acceptors (Lipinski definition) is 6. The first-order valence-corrected chi connectivity index (χ1v) is 27.2. The number of carbonyl (C=O) groups is 3. The summed E-state index contributed by atoms with van der Waals surface area (Å²) in [5.41, 5.74) is 0. The predicted molar refractivity (Wildman–Crippen MR) is 292 cm³/mol. The summed E-state index contributed by atoms with van der Waals surface area (Å²) in [4.78, 5) is 37.9. The lowest BCUT2D eigenvalue weighted by Crippen LogP contribution is -2.30. The molecule has 0 N–H and O–H groups in total. The van der Waals surface area contributed by atoms with E-state index in [-0.39, 0.29) is 31.6 Å². The average molecular weight is 939 g/mol. The molecule has 0 fully saturated rings. The van der Waals surface area contributed by atoms with Crippen LogP contribution in [0.15, 0.2) is 134 Å². The van der Waals surface area contributed by atoms with Crippen molar-refractivity contribution in [2.45, 2.75) is 226 Å². The minimum atomic E-state index is -0.842. The number of rotatable bonds is 47. The molecule has 0 aromatic rings. The third kappa shape index (κ3) is 52.5. The molecule has 0 aromatic carbocycles. The van der Waals surface area contributed by atoms with Gasteiger partial charge in [0, 0.05) is 12.8 Å². The van der Waals surface area contributed by atoms with Crippen molar-refractivity contribution in [2.24, 2.45) is 0 Å². The number of unbranched alkanes of at least 4 members (excludes halogenated alkanes) is 15. The van der Waals surface area contributed by atoms with E-state index in [9.17, 15) is 14.4 Å². The highest BCUT2D eigenvalue weighted by molar-refractivity contribution is 5.72. The Morgan fingerprint density at radius 3 is 0.985 bits per heavy atom. The fourth-order valence-electron chi connectivity index (χ4n) is 6.90. The number of carbonyl (C=O) groups excluding carboxylic acids is 3. The molecule has 0 radical (unpaired) electrons. The monoisotopic (exact) mass is 939 g/mol. The molecule has 0 aliphatic carbocycles. The maximum atomic E-state index is 12.7. The zero-order valence-corrected chi connectivity index (χ0v) is 43.6. The molecule has 0 saturated carbocycles. The first kappa shape index (κ1) is 63.5. The Hall–Kier alpha value is -4.45. The molecule has 0 saturated heterocycles. The van der Waals surface area contributed by atoms with Crippen LogP contribution in [0.2, 0.25) is 0 Å². The van der Waals surface area contributed by atoms with E-state index in [0.29, 0.717) is 19.3 Å². The van der Waals surface area contributed by atoms with Crippen molar-refractivity contribution in [3.05, 3.63) is 134 Å². The van der Waals surface area contributed by atoms with Gasteiger partial charge < -0.3 is 14.2 Å². The van der Waals surface area contributed by atoms with Crippen LogP contribution in [-0.2, 0) is 28.6 Å². The summed E-state index contributed by atoms with van der Waals surface area (Å²) < 4.78 is 16.7. The molecule has 0 spiro atoms. The lowest BCUT2D eigenvalue weighted by molar-refractivity contribution is -0.166. The van der Waals surface area contributed by atoms with E-state index < -0.39 is 12.1 Å². The highest BCUT2D eigenvalue weighted by Gasteiger charge is 2.19. The Kier molecular flexibility index (Phi) is 51.5. The highest BCUT2D eigenvalue weighted by Crippen LogP contribution is 2.13. The van der Waals surface area contributed by atoms with Crippen LogP contribution < -0.4 is 0 Å². The smallest absolute Gasteiger partial charge is 0.310 e. The molecule has 6 heteroatoms. The van der Waals surface area contributed by atoms with E-state index in [0.717, 1.165) is 122 Å². The summed E-state index contributed by atoms with van der Waals surface area (Å²) in [6, 6.07) is 0. The lowest BCUT2D eigenvalue weighted by atomic mass is 10.1. The van der Waals surface area contributed by atoms with Gasteiger partial charge in [-0.15, -0.1) is 0 Å². The van der Waals surface area contributed by atoms with E-state index in [1.807, 2.05) is 6.08 Å². The van der Waals surface area contributed by atoms with Gasteiger partial charge >= 0.3 is 17.9 Å². The quantitative estimate of drug-likeness (QED) is 0.0262. The van der Waals surface area contributed by atoms with E-state index in [1.54, 1.807) is 6.08 Å². The van der Waals surface area contributed by atoms with Crippen LogP contribution in [0.1, 0.15) is 220 Å². The van der Waals surface area contributed by atoms with Crippen LogP contribution in [0.3, 0.4) is 0 Å². The summed E-state index contributed by atoms with van der Waals surface area (Å²) in [7, 11) is 0. The van der Waals surface area contributed by atoms with Gasteiger partial charge in [0.05, 0.1) is 6.42 Å². The minimum Gasteiger partial charge on any atom is -0.462 e. The van der Waals surface area contributed by atoms with E-state index >= 15 is 0 Å². The van der Waals surface area contributed by atoms with Crippen molar-refractivity contribution < 1.29 is 28.6 Å². The van der Waals surface area contributed by atoms with Gasteiger partial charge in [-0.25, -0.2) is 0 Å². The van der Waals surface area contributed by atoms with Crippen molar-refractivity contribution in [1.29, 1.82) is 0 Å². The fraction of sp³-hybridized carbons (Fsp3) is 0.597. The molecule has 0 aliphatic heterocycles. The van der Waals surface area contributed by atoms with Crippen molar-refractivity contribution >= 4 is 17.9 Å². The van der Waals surface area contributed by atoms with Gasteiger partial charge in [-0.3, -0.25) is 14.4 Å². The second kappa shape index (κ2) is 55.1. The molecule has 1 atom stereocenters. The Morgan fingerprint density at radius 2 is 0.618 bits per heavy atom. The molecule has 0 amide bonds. The average Bonchev–Trinajstić information content (AvgIpc) is 3.34. The Labute approximate surface area is 417 Å². The van der Waals surface area contributed by atoms with Gasteiger partial charge in [0.2, 0.25) is 0 Å². The van der Waals surface area contributed by atoms with Crippen LogP contribution in [0.4, 0.5) is 0 Å². The molecular weight excluding hydrogens is 841 g/mol. The number of ether oxygens (including phenoxy) is 3. The summed E-state index contributed by atoms with van der Waals surface area (Å²) in [5, 5.41) is 0. The number of allylic oxidation sites excluding steroid dienone is 21. The van der Waals surface area contributed by atoms with Crippen molar-refractivity contribution in [2.75, 3.05) is 13.2 Å². The fourth-order valence-corrected chi connectivity index (χ4v) is 6.90. The van der Waals surface area contributed by atoms with Crippen LogP contribution in [0.25, 0.3) is 0 Å². The summed E-state index contributed by atoms with van der Waals surface area (Å²) in [5.74, 6) is -1.08. The van der Waals surface area contributed by atoms with Crippen molar-refractivity contribution in [1.82, 2.24) is 0 Å². The summed E-state index contributed by atoms with van der Waals surface area (Å²) in [6.07, 6.45) is 77.6. The molecular formula is C62H98O6. The zero-order valence-electron chi connectivity index (χ0n) is 43.6. The maximum Gasteiger partial charge on any atom is 0.310 e. The van der Waals surface area contributed by atoms with Gasteiger partial charge in [0.15, 0.2) is 6.10 Å². The highest BCUT2D eigenvalue weighted by atomic mass is 16.6. The second-order valence-corrected chi connectivity index (χ2v) is 17.4. The van der Waals surface area contributed by atoms with E-state index in [4.69, 9.17) is 14.2 Å². The van der Waals surface area contributed by atoms with Gasteiger partial charge in [-0.1, -0.05) is 225 Å². The largest absolute Gasteiger partial charge is 0.462 e. The molecule has 382 valence electrons. The van der Waals surface area contributed by atoms with Crippen molar-refractivity contribution in [3.8, 4) is 0 Å². The van der Waals surface area contributed by atoms with Gasteiger partial charge in [0.25, 0.3) is 0 Å². The van der Waals surface area contributed by atoms with Gasteiger partial charge in [-0.2, -0.15) is 0 Å². The van der Waals surface area contributed by atoms with Crippen LogP contribution in [0.5, 0.6) is 0 Å². The number of hydrogen-bond donors (Lipinski definition) is 0. The molecule has 6 nitrogen and oxygen atoms in total. The van der Waals surface area contributed by atoms with Crippen LogP contribution >= 0.6 is 0 Å².